The summed E-state index contributed by atoms with van der Waals surface area (Å²) in [7, 11) is 1.84. The fraction of sp³-hybridized carbons (Fsp3) is 0.643. The molecule has 0 radical (unpaired) electrons. The minimum atomic E-state index is -0.821. The number of hydrogen-bond donors (Lipinski definition) is 1. The first-order chi connectivity index (χ1) is 9.16. The molecule has 1 aliphatic rings. The van der Waals surface area contributed by atoms with Crippen molar-refractivity contribution in [2.75, 3.05) is 0 Å². The molecule has 1 aromatic rings. The second-order valence-corrected chi connectivity index (χ2v) is 5.31. The van der Waals surface area contributed by atoms with Gasteiger partial charge in [0.2, 0.25) is 5.91 Å². The van der Waals surface area contributed by atoms with Crippen LogP contribution in [0.15, 0.2) is 12.4 Å². The molecule has 19 heavy (non-hydrogen) atoms. The zero-order valence-corrected chi connectivity index (χ0v) is 11.4. The highest BCUT2D eigenvalue weighted by Crippen LogP contribution is 2.34. The number of hydrogen-bond acceptors (Lipinski definition) is 3. The Morgan fingerprint density at radius 2 is 2.16 bits per heavy atom. The Labute approximate surface area is 113 Å². The predicted molar refractivity (Wildman–Crippen MR) is 70.8 cm³/mol. The summed E-state index contributed by atoms with van der Waals surface area (Å²) in [6.07, 6.45) is 9.14. The Balaban J connectivity index is 1.98. The minimum Gasteiger partial charge on any atom is -0.351 e. The molecular formula is C14H20N4O. The first-order valence-electron chi connectivity index (χ1n) is 6.83. The molecule has 2 rings (SSSR count). The fourth-order valence-corrected chi connectivity index (χ4v) is 2.64. The molecule has 1 saturated carbocycles. The quantitative estimate of drug-likeness (QED) is 0.844. The molecule has 5 heteroatoms. The zero-order chi connectivity index (χ0) is 13.7. The monoisotopic (exact) mass is 260 g/mol. The van der Waals surface area contributed by atoms with E-state index in [1.165, 1.54) is 0 Å². The van der Waals surface area contributed by atoms with Crippen LogP contribution in [-0.4, -0.2) is 15.7 Å². The van der Waals surface area contributed by atoms with Crippen molar-refractivity contribution in [2.24, 2.45) is 12.5 Å². The van der Waals surface area contributed by atoms with Crippen molar-refractivity contribution in [3.8, 4) is 6.07 Å². The van der Waals surface area contributed by atoms with Gasteiger partial charge < -0.3 is 5.32 Å². The first kappa shape index (κ1) is 13.6. The standard InChI is InChI=1S/C14H20N4O/c1-18-10-12(9-17-18)8-16-13(19)14(11-15)6-4-2-3-5-7-14/h9-10H,2-8H2,1H3,(H,16,19). The van der Waals surface area contributed by atoms with Gasteiger partial charge in [0.15, 0.2) is 0 Å². The van der Waals surface area contributed by atoms with Crippen molar-refractivity contribution in [1.29, 1.82) is 5.26 Å². The van der Waals surface area contributed by atoms with Crippen LogP contribution in [0.5, 0.6) is 0 Å². The van der Waals surface area contributed by atoms with Crippen LogP contribution < -0.4 is 5.32 Å². The van der Waals surface area contributed by atoms with E-state index in [0.717, 1.165) is 31.2 Å². The van der Waals surface area contributed by atoms with E-state index in [1.807, 2.05) is 13.2 Å². The molecule has 0 unspecified atom stereocenters. The summed E-state index contributed by atoms with van der Waals surface area (Å²) in [6, 6.07) is 2.27. The lowest BCUT2D eigenvalue weighted by atomic mass is 9.81. The number of aryl methyl sites for hydroxylation is 1. The van der Waals surface area contributed by atoms with E-state index in [-0.39, 0.29) is 5.91 Å². The smallest absolute Gasteiger partial charge is 0.240 e. The first-order valence-corrected chi connectivity index (χ1v) is 6.83. The van der Waals surface area contributed by atoms with Crippen molar-refractivity contribution in [2.45, 2.75) is 45.1 Å². The molecule has 0 bridgehead atoms. The fourth-order valence-electron chi connectivity index (χ4n) is 2.64. The Kier molecular flexibility index (Phi) is 4.20. The maximum Gasteiger partial charge on any atom is 0.240 e. The van der Waals surface area contributed by atoms with Gasteiger partial charge in [-0.2, -0.15) is 10.4 Å². The van der Waals surface area contributed by atoms with Crippen molar-refractivity contribution in [3.63, 3.8) is 0 Å². The highest BCUT2D eigenvalue weighted by atomic mass is 16.2. The molecule has 0 aromatic carbocycles. The number of nitriles is 1. The van der Waals surface area contributed by atoms with Crippen LogP contribution in [0, 0.1) is 16.7 Å². The number of aromatic nitrogens is 2. The lowest BCUT2D eigenvalue weighted by molar-refractivity contribution is -0.129. The molecule has 102 valence electrons. The van der Waals surface area contributed by atoms with Gasteiger partial charge >= 0.3 is 0 Å². The number of amides is 1. The highest BCUT2D eigenvalue weighted by Gasteiger charge is 2.38. The number of rotatable bonds is 3. The Hall–Kier alpha value is -1.83. The van der Waals surface area contributed by atoms with E-state index in [4.69, 9.17) is 0 Å². The zero-order valence-electron chi connectivity index (χ0n) is 11.4. The SMILES string of the molecule is Cn1cc(CNC(=O)C2(C#N)CCCCCC2)cn1. The van der Waals surface area contributed by atoms with Crippen LogP contribution in [0.3, 0.4) is 0 Å². The third kappa shape index (κ3) is 3.14. The normalized spacial score (nSPS) is 18.3. The van der Waals surface area contributed by atoms with Gasteiger partial charge in [0, 0.05) is 25.4 Å². The molecule has 0 spiro atoms. The molecule has 1 N–H and O–H groups in total. The van der Waals surface area contributed by atoms with Gasteiger partial charge in [-0.1, -0.05) is 25.7 Å². The van der Waals surface area contributed by atoms with Crippen LogP contribution in [0.25, 0.3) is 0 Å². The summed E-state index contributed by atoms with van der Waals surface area (Å²) in [4.78, 5) is 12.3. The molecule has 1 aliphatic carbocycles. The molecule has 0 aliphatic heterocycles. The lowest BCUT2D eigenvalue weighted by Crippen LogP contribution is -2.39. The Bertz CT molecular complexity index is 478. The number of carbonyl (C=O) groups excluding carboxylic acids is 1. The van der Waals surface area contributed by atoms with Gasteiger partial charge in [0.1, 0.15) is 5.41 Å². The van der Waals surface area contributed by atoms with E-state index in [2.05, 4.69) is 16.5 Å². The van der Waals surface area contributed by atoms with Gasteiger partial charge in [-0.3, -0.25) is 9.48 Å². The number of nitrogens with zero attached hydrogens (tertiary/aromatic N) is 3. The van der Waals surface area contributed by atoms with Gasteiger partial charge in [0.05, 0.1) is 12.3 Å². The summed E-state index contributed by atoms with van der Waals surface area (Å²) >= 11 is 0. The van der Waals surface area contributed by atoms with Gasteiger partial charge in [-0.15, -0.1) is 0 Å². The molecular weight excluding hydrogens is 240 g/mol. The van der Waals surface area contributed by atoms with E-state index in [1.54, 1.807) is 10.9 Å². The molecule has 1 amide bonds. The number of carbonyl (C=O) groups is 1. The second-order valence-electron chi connectivity index (χ2n) is 5.31. The van der Waals surface area contributed by atoms with E-state index in [0.29, 0.717) is 19.4 Å². The van der Waals surface area contributed by atoms with E-state index in [9.17, 15) is 10.1 Å². The third-order valence-corrected chi connectivity index (χ3v) is 3.82. The van der Waals surface area contributed by atoms with Crippen molar-refractivity contribution < 1.29 is 4.79 Å². The van der Waals surface area contributed by atoms with E-state index < -0.39 is 5.41 Å². The summed E-state index contributed by atoms with van der Waals surface area (Å²) in [6.45, 7) is 0.441. The summed E-state index contributed by atoms with van der Waals surface area (Å²) in [5.74, 6) is -0.124. The largest absolute Gasteiger partial charge is 0.351 e. The predicted octanol–water partition coefficient (Wildman–Crippen LogP) is 1.90. The second kappa shape index (κ2) is 5.87. The summed E-state index contributed by atoms with van der Waals surface area (Å²) < 4.78 is 1.70. The van der Waals surface area contributed by atoms with E-state index >= 15 is 0 Å². The lowest BCUT2D eigenvalue weighted by Gasteiger charge is -2.23. The molecule has 1 fully saturated rings. The third-order valence-electron chi connectivity index (χ3n) is 3.82. The van der Waals surface area contributed by atoms with Gasteiger partial charge in [0.25, 0.3) is 0 Å². The molecule has 0 atom stereocenters. The topological polar surface area (TPSA) is 70.7 Å². The van der Waals surface area contributed by atoms with Crippen molar-refractivity contribution in [3.05, 3.63) is 18.0 Å². The molecule has 1 aromatic heterocycles. The van der Waals surface area contributed by atoms with Crippen molar-refractivity contribution >= 4 is 5.91 Å². The Morgan fingerprint density at radius 3 is 2.68 bits per heavy atom. The van der Waals surface area contributed by atoms with Crippen molar-refractivity contribution in [1.82, 2.24) is 15.1 Å². The molecule has 1 heterocycles. The van der Waals surface area contributed by atoms with Gasteiger partial charge in [-0.25, -0.2) is 0 Å². The summed E-state index contributed by atoms with van der Waals surface area (Å²) in [5, 5.41) is 16.4. The molecule has 5 nitrogen and oxygen atoms in total. The van der Waals surface area contributed by atoms with Crippen LogP contribution in [0.1, 0.15) is 44.1 Å². The van der Waals surface area contributed by atoms with Crippen LogP contribution in [0.4, 0.5) is 0 Å². The highest BCUT2D eigenvalue weighted by molar-refractivity contribution is 5.85. The molecule has 0 saturated heterocycles. The maximum absolute atomic E-state index is 12.3. The average molecular weight is 260 g/mol. The van der Waals surface area contributed by atoms with Crippen LogP contribution in [0.2, 0.25) is 0 Å². The minimum absolute atomic E-state index is 0.124. The summed E-state index contributed by atoms with van der Waals surface area (Å²) in [5.41, 5.74) is 0.135. The Morgan fingerprint density at radius 1 is 1.47 bits per heavy atom. The van der Waals surface area contributed by atoms with Crippen LogP contribution in [-0.2, 0) is 18.4 Å². The average Bonchev–Trinajstić information content (AvgIpc) is 2.69. The number of nitrogens with one attached hydrogen (secondary N) is 1. The van der Waals surface area contributed by atoms with Crippen LogP contribution >= 0.6 is 0 Å². The van der Waals surface area contributed by atoms with Gasteiger partial charge in [-0.05, 0) is 12.8 Å². The maximum atomic E-state index is 12.3.